The van der Waals surface area contributed by atoms with Gasteiger partial charge < -0.3 is 15.6 Å². The maximum atomic E-state index is 10.2. The first-order valence-corrected chi connectivity index (χ1v) is 8.59. The van der Waals surface area contributed by atoms with Gasteiger partial charge >= 0.3 is 0 Å². The normalized spacial score (nSPS) is 15.7. The highest BCUT2D eigenvalue weighted by atomic mass is 35.5. The molecule has 3 unspecified atom stereocenters. The van der Waals surface area contributed by atoms with E-state index in [0.29, 0.717) is 24.0 Å². The first-order chi connectivity index (χ1) is 10.3. The molecule has 4 heteroatoms. The summed E-state index contributed by atoms with van der Waals surface area (Å²) in [5.41, 5.74) is 8.11. The molecule has 0 aliphatic heterocycles. The van der Waals surface area contributed by atoms with Gasteiger partial charge in [-0.15, -0.1) is 0 Å². The second-order valence-electron chi connectivity index (χ2n) is 6.28. The van der Waals surface area contributed by atoms with Crippen molar-refractivity contribution in [2.75, 3.05) is 6.61 Å². The van der Waals surface area contributed by atoms with Crippen molar-refractivity contribution in [2.24, 2.45) is 5.73 Å². The number of rotatable bonds is 8. The topological polar surface area (TPSA) is 55.5 Å². The van der Waals surface area contributed by atoms with E-state index in [-0.39, 0.29) is 12.0 Å². The molecule has 126 valence electrons. The van der Waals surface area contributed by atoms with Gasteiger partial charge in [0, 0.05) is 11.1 Å². The number of aliphatic hydroxyl groups excluding tert-OH is 1. The summed E-state index contributed by atoms with van der Waals surface area (Å²) in [6, 6.07) is 3.73. The fourth-order valence-electron chi connectivity index (χ4n) is 2.68. The monoisotopic (exact) mass is 327 g/mol. The molecule has 3 atom stereocenters. The Kier molecular flexibility index (Phi) is 7.67. The Hall–Kier alpha value is -0.770. The zero-order valence-electron chi connectivity index (χ0n) is 14.4. The first-order valence-electron chi connectivity index (χ1n) is 8.21. The maximum absolute atomic E-state index is 10.2. The number of aliphatic hydroxyl groups is 1. The molecule has 0 bridgehead atoms. The van der Waals surface area contributed by atoms with Gasteiger partial charge in [-0.25, -0.2) is 0 Å². The van der Waals surface area contributed by atoms with E-state index in [1.807, 2.05) is 26.0 Å². The molecule has 0 amide bonds. The molecule has 0 fully saturated rings. The van der Waals surface area contributed by atoms with E-state index in [9.17, 15) is 5.11 Å². The average Bonchev–Trinajstić information content (AvgIpc) is 2.47. The fourth-order valence-corrected chi connectivity index (χ4v) is 2.91. The summed E-state index contributed by atoms with van der Waals surface area (Å²) < 4.78 is 5.90. The van der Waals surface area contributed by atoms with E-state index >= 15 is 0 Å². The third kappa shape index (κ3) is 4.87. The van der Waals surface area contributed by atoms with Gasteiger partial charge in [-0.2, -0.15) is 0 Å². The van der Waals surface area contributed by atoms with Gasteiger partial charge in [-0.1, -0.05) is 39.3 Å². The molecule has 0 saturated heterocycles. The number of benzene rings is 1. The largest absolute Gasteiger partial charge is 0.493 e. The smallest absolute Gasteiger partial charge is 0.126 e. The van der Waals surface area contributed by atoms with Crippen LogP contribution >= 0.6 is 11.6 Å². The predicted molar refractivity (Wildman–Crippen MR) is 94.0 cm³/mol. The zero-order valence-corrected chi connectivity index (χ0v) is 15.2. The van der Waals surface area contributed by atoms with Crippen LogP contribution in [0.4, 0.5) is 0 Å². The lowest BCUT2D eigenvalue weighted by molar-refractivity contribution is 0.126. The van der Waals surface area contributed by atoms with Crippen molar-refractivity contribution in [1.82, 2.24) is 0 Å². The molecule has 0 spiro atoms. The van der Waals surface area contributed by atoms with E-state index in [1.165, 1.54) is 0 Å². The Labute approximate surface area is 139 Å². The molecule has 22 heavy (non-hydrogen) atoms. The fraction of sp³-hybridized carbons (Fsp3) is 0.667. The Morgan fingerprint density at radius 3 is 2.27 bits per heavy atom. The van der Waals surface area contributed by atoms with Crippen molar-refractivity contribution < 1.29 is 9.84 Å². The van der Waals surface area contributed by atoms with Crippen LogP contribution in [0.5, 0.6) is 5.75 Å². The summed E-state index contributed by atoms with van der Waals surface area (Å²) in [6.45, 7) is 10.9. The lowest BCUT2D eigenvalue weighted by Crippen LogP contribution is -2.34. The lowest BCUT2D eigenvalue weighted by atomic mass is 9.88. The molecule has 0 heterocycles. The zero-order chi connectivity index (χ0) is 16.9. The number of nitrogens with two attached hydrogens (primary N) is 1. The van der Waals surface area contributed by atoms with Gasteiger partial charge in [0.15, 0.2) is 0 Å². The van der Waals surface area contributed by atoms with Crippen molar-refractivity contribution in [2.45, 2.75) is 71.4 Å². The van der Waals surface area contributed by atoms with E-state index < -0.39 is 6.10 Å². The number of ether oxygens (including phenoxy) is 1. The first kappa shape index (κ1) is 19.3. The van der Waals surface area contributed by atoms with Crippen LogP contribution in [0, 0.1) is 0 Å². The Bertz CT molecular complexity index is 476. The summed E-state index contributed by atoms with van der Waals surface area (Å²) in [4.78, 5) is 0. The van der Waals surface area contributed by atoms with E-state index in [2.05, 4.69) is 20.8 Å². The molecule has 0 saturated carbocycles. The van der Waals surface area contributed by atoms with Gasteiger partial charge in [0.2, 0.25) is 0 Å². The van der Waals surface area contributed by atoms with E-state index in [1.54, 1.807) is 0 Å². The molecule has 0 aromatic heterocycles. The Morgan fingerprint density at radius 1 is 1.18 bits per heavy atom. The standard InChI is InChI=1S/C18H30ClNO2/c1-6-16(20)17(21)8-12(5)15-10-13(19)9-14(11(3)4)18(15)22-7-2/h9-12,16-17,21H,6-8,20H2,1-5H3. The van der Waals surface area contributed by atoms with Crippen molar-refractivity contribution >= 4 is 11.6 Å². The van der Waals surface area contributed by atoms with E-state index in [0.717, 1.165) is 23.3 Å². The molecule has 3 nitrogen and oxygen atoms in total. The molecule has 3 N–H and O–H groups in total. The minimum absolute atomic E-state index is 0.130. The minimum Gasteiger partial charge on any atom is -0.493 e. The molecule has 1 aromatic rings. The van der Waals surface area contributed by atoms with Crippen LogP contribution in [0.3, 0.4) is 0 Å². The Morgan fingerprint density at radius 2 is 1.77 bits per heavy atom. The molecule has 0 aliphatic rings. The van der Waals surface area contributed by atoms with Gasteiger partial charge in [0.05, 0.1) is 12.7 Å². The Balaban J connectivity index is 3.15. The van der Waals surface area contributed by atoms with Gasteiger partial charge in [0.25, 0.3) is 0 Å². The number of hydrogen-bond acceptors (Lipinski definition) is 3. The summed E-state index contributed by atoms with van der Waals surface area (Å²) in [5, 5.41) is 10.9. The van der Waals surface area contributed by atoms with Crippen molar-refractivity contribution in [3.63, 3.8) is 0 Å². The second kappa shape index (κ2) is 8.76. The summed E-state index contributed by atoms with van der Waals surface area (Å²) >= 11 is 6.29. The molecule has 0 radical (unpaired) electrons. The SMILES string of the molecule is CCOc1c(C(C)C)cc(Cl)cc1C(C)CC(O)C(N)CC. The minimum atomic E-state index is -0.518. The molecule has 1 rings (SSSR count). The van der Waals surface area contributed by atoms with Crippen molar-refractivity contribution in [3.8, 4) is 5.75 Å². The predicted octanol–water partition coefficient (Wildman–Crippen LogP) is 4.45. The molecule has 0 aliphatic carbocycles. The van der Waals surface area contributed by atoms with Crippen LogP contribution in [0.15, 0.2) is 12.1 Å². The highest BCUT2D eigenvalue weighted by Crippen LogP contribution is 2.39. The van der Waals surface area contributed by atoms with Crippen LogP contribution in [0.1, 0.15) is 70.4 Å². The van der Waals surface area contributed by atoms with E-state index in [4.69, 9.17) is 22.1 Å². The summed E-state index contributed by atoms with van der Waals surface area (Å²) in [7, 11) is 0. The van der Waals surface area contributed by atoms with Crippen LogP contribution in [-0.2, 0) is 0 Å². The number of hydrogen-bond donors (Lipinski definition) is 2. The molecular formula is C18H30ClNO2. The van der Waals surface area contributed by atoms with Gasteiger partial charge in [-0.3, -0.25) is 0 Å². The number of halogens is 1. The molecular weight excluding hydrogens is 298 g/mol. The highest BCUT2D eigenvalue weighted by Gasteiger charge is 2.22. The third-order valence-electron chi connectivity index (χ3n) is 4.11. The van der Waals surface area contributed by atoms with Crippen molar-refractivity contribution in [1.29, 1.82) is 0 Å². The highest BCUT2D eigenvalue weighted by molar-refractivity contribution is 6.30. The van der Waals surface area contributed by atoms with Crippen LogP contribution in [0.2, 0.25) is 5.02 Å². The summed E-state index contributed by atoms with van der Waals surface area (Å²) in [6.07, 6.45) is 0.849. The van der Waals surface area contributed by atoms with Gasteiger partial charge in [-0.05, 0) is 54.9 Å². The average molecular weight is 328 g/mol. The van der Waals surface area contributed by atoms with Gasteiger partial charge in [0.1, 0.15) is 5.75 Å². The van der Waals surface area contributed by atoms with Crippen LogP contribution in [0.25, 0.3) is 0 Å². The second-order valence-corrected chi connectivity index (χ2v) is 6.71. The lowest BCUT2D eigenvalue weighted by Gasteiger charge is -2.25. The van der Waals surface area contributed by atoms with Crippen LogP contribution in [-0.4, -0.2) is 23.9 Å². The maximum Gasteiger partial charge on any atom is 0.126 e. The van der Waals surface area contributed by atoms with Crippen LogP contribution < -0.4 is 10.5 Å². The molecule has 1 aromatic carbocycles. The third-order valence-corrected chi connectivity index (χ3v) is 4.33. The van der Waals surface area contributed by atoms with Crippen molar-refractivity contribution in [3.05, 3.63) is 28.3 Å². The quantitative estimate of drug-likeness (QED) is 0.741. The summed E-state index contributed by atoms with van der Waals surface area (Å²) in [5.74, 6) is 1.37.